The topological polar surface area (TPSA) is 70.7 Å². The van der Waals surface area contributed by atoms with E-state index < -0.39 is 5.72 Å². The summed E-state index contributed by atoms with van der Waals surface area (Å²) in [7, 11) is 0. The molecule has 0 radical (unpaired) electrons. The highest BCUT2D eigenvalue weighted by Gasteiger charge is 2.49. The van der Waals surface area contributed by atoms with Crippen molar-refractivity contribution in [1.29, 1.82) is 0 Å². The molecule has 2 N–H and O–H groups in total. The molecule has 162 valence electrons. The predicted molar refractivity (Wildman–Crippen MR) is 124 cm³/mol. The quantitative estimate of drug-likeness (QED) is 0.596. The minimum absolute atomic E-state index is 0.105. The van der Waals surface area contributed by atoms with Gasteiger partial charge in [0.25, 0.3) is 5.91 Å². The number of fused-ring (bicyclic) bond motifs is 4. The molecule has 0 aromatic heterocycles. The van der Waals surface area contributed by atoms with Gasteiger partial charge in [0.1, 0.15) is 5.75 Å². The van der Waals surface area contributed by atoms with E-state index in [0.717, 1.165) is 23.4 Å². The van der Waals surface area contributed by atoms with Crippen molar-refractivity contribution in [3.63, 3.8) is 0 Å². The molecule has 0 saturated carbocycles. The van der Waals surface area contributed by atoms with Crippen molar-refractivity contribution in [3.05, 3.63) is 89.5 Å². The molecule has 0 spiro atoms. The van der Waals surface area contributed by atoms with Gasteiger partial charge in [-0.15, -0.1) is 0 Å². The van der Waals surface area contributed by atoms with E-state index in [9.17, 15) is 9.59 Å². The summed E-state index contributed by atoms with van der Waals surface area (Å²) < 4.78 is 6.31. The molecule has 3 aromatic rings. The van der Waals surface area contributed by atoms with Crippen LogP contribution in [0, 0.1) is 0 Å². The zero-order valence-corrected chi connectivity index (χ0v) is 18.1. The van der Waals surface area contributed by atoms with Crippen LogP contribution in [0.5, 0.6) is 5.75 Å². The summed E-state index contributed by atoms with van der Waals surface area (Å²) in [6.07, 6.45) is 1.55. The Hall–Kier alpha value is -3.80. The van der Waals surface area contributed by atoms with Crippen LogP contribution in [-0.2, 0) is 6.42 Å². The van der Waals surface area contributed by atoms with Crippen LogP contribution >= 0.6 is 0 Å². The molecule has 2 bridgehead atoms. The van der Waals surface area contributed by atoms with E-state index in [1.165, 1.54) is 5.56 Å². The lowest BCUT2D eigenvalue weighted by atomic mass is 9.90. The van der Waals surface area contributed by atoms with E-state index in [1.54, 1.807) is 23.1 Å². The number of nitrogens with one attached hydrogen (secondary N) is 2. The van der Waals surface area contributed by atoms with E-state index in [2.05, 4.69) is 17.6 Å². The number of benzene rings is 3. The normalized spacial score (nSPS) is 21.2. The maximum absolute atomic E-state index is 13.1. The fraction of sp³-hybridized carbons (Fsp3) is 0.231. The van der Waals surface area contributed by atoms with Crippen molar-refractivity contribution >= 4 is 23.3 Å². The first-order valence-corrected chi connectivity index (χ1v) is 10.9. The van der Waals surface area contributed by atoms with Crippen LogP contribution in [0.15, 0.2) is 72.8 Å². The zero-order valence-electron chi connectivity index (χ0n) is 18.1. The van der Waals surface area contributed by atoms with Gasteiger partial charge in [0.15, 0.2) is 5.72 Å². The molecule has 2 heterocycles. The van der Waals surface area contributed by atoms with Crippen LogP contribution < -0.4 is 20.3 Å². The molecule has 1 fully saturated rings. The van der Waals surface area contributed by atoms with Gasteiger partial charge in [0, 0.05) is 23.2 Å². The number of anilines is 2. The number of urea groups is 1. The average molecular weight is 428 g/mol. The smallest absolute Gasteiger partial charge is 0.325 e. The molecule has 2 aliphatic heterocycles. The van der Waals surface area contributed by atoms with Gasteiger partial charge in [0.2, 0.25) is 0 Å². The number of nitrogens with zero attached hydrogens (tertiary/aromatic N) is 1. The number of carbonyl (C=O) groups excluding carboxylic acids is 2. The van der Waals surface area contributed by atoms with Crippen molar-refractivity contribution in [3.8, 4) is 5.75 Å². The summed E-state index contributed by atoms with van der Waals surface area (Å²) in [6.45, 7) is 4.00. The molecular formula is C26H25N3O3. The third-order valence-corrected chi connectivity index (χ3v) is 6.17. The third-order valence-electron chi connectivity index (χ3n) is 6.17. The summed E-state index contributed by atoms with van der Waals surface area (Å²) in [5.41, 5.74) is 3.15. The summed E-state index contributed by atoms with van der Waals surface area (Å²) in [5, 5.41) is 6.01. The van der Waals surface area contributed by atoms with Crippen molar-refractivity contribution < 1.29 is 14.3 Å². The average Bonchev–Trinajstić information content (AvgIpc) is 2.79. The van der Waals surface area contributed by atoms with Crippen LogP contribution in [0.4, 0.5) is 16.2 Å². The van der Waals surface area contributed by atoms with E-state index in [4.69, 9.17) is 4.74 Å². The molecule has 3 aromatic carbocycles. The lowest BCUT2D eigenvalue weighted by Gasteiger charge is -2.50. The maximum atomic E-state index is 13.1. The third kappa shape index (κ3) is 3.47. The van der Waals surface area contributed by atoms with Crippen LogP contribution in [0.3, 0.4) is 0 Å². The Labute approximate surface area is 187 Å². The van der Waals surface area contributed by atoms with Crippen molar-refractivity contribution in [2.24, 2.45) is 0 Å². The second-order valence-corrected chi connectivity index (χ2v) is 8.41. The van der Waals surface area contributed by atoms with Gasteiger partial charge in [0.05, 0.1) is 11.7 Å². The van der Waals surface area contributed by atoms with E-state index in [-0.39, 0.29) is 18.0 Å². The Morgan fingerprint density at radius 2 is 1.91 bits per heavy atom. The Balaban J connectivity index is 1.42. The van der Waals surface area contributed by atoms with Gasteiger partial charge in [-0.25, -0.2) is 4.79 Å². The number of ether oxygens (including phenoxy) is 1. The first-order valence-electron chi connectivity index (χ1n) is 10.9. The number of para-hydroxylation sites is 1. The van der Waals surface area contributed by atoms with Gasteiger partial charge in [-0.1, -0.05) is 43.3 Å². The Bertz CT molecular complexity index is 1190. The standard InChI is InChI=1S/C26H25N3O3/c1-3-17-11-13-19(14-12-17)27-24(30)18-7-6-8-20(15-18)29-25(31)28-22-16-26(29,2)32-23-10-5-4-9-21(22)23/h4-15,22H,3,16H2,1-2H3,(H,27,30)(H,28,31)/t22-,26+/m0/s1. The summed E-state index contributed by atoms with van der Waals surface area (Å²) in [4.78, 5) is 27.6. The Morgan fingerprint density at radius 3 is 2.69 bits per heavy atom. The number of hydrogen-bond donors (Lipinski definition) is 2. The Morgan fingerprint density at radius 1 is 1.12 bits per heavy atom. The molecule has 3 amide bonds. The number of aryl methyl sites for hydroxylation is 1. The van der Waals surface area contributed by atoms with E-state index in [0.29, 0.717) is 17.7 Å². The van der Waals surface area contributed by atoms with Gasteiger partial charge in [-0.05, 0) is 55.3 Å². The fourth-order valence-corrected chi connectivity index (χ4v) is 4.53. The lowest BCUT2D eigenvalue weighted by Crippen LogP contribution is -2.65. The molecule has 6 heteroatoms. The highest BCUT2D eigenvalue weighted by atomic mass is 16.5. The first kappa shape index (κ1) is 20.1. The summed E-state index contributed by atoms with van der Waals surface area (Å²) >= 11 is 0. The molecular weight excluding hydrogens is 402 g/mol. The molecule has 32 heavy (non-hydrogen) atoms. The second kappa shape index (κ2) is 7.71. The van der Waals surface area contributed by atoms with Gasteiger partial charge in [-0.2, -0.15) is 0 Å². The van der Waals surface area contributed by atoms with Gasteiger partial charge in [-0.3, -0.25) is 9.69 Å². The Kier molecular flexibility index (Phi) is 4.85. The highest BCUT2D eigenvalue weighted by molar-refractivity contribution is 6.05. The zero-order chi connectivity index (χ0) is 22.3. The first-order chi connectivity index (χ1) is 15.5. The molecule has 0 aliphatic carbocycles. The SMILES string of the molecule is CCc1ccc(NC(=O)c2cccc(N3C(=O)N[C@H]4C[C@@]3(C)Oc3ccccc34)c2)cc1. The van der Waals surface area contributed by atoms with Crippen LogP contribution in [0.25, 0.3) is 0 Å². The van der Waals surface area contributed by atoms with Crippen LogP contribution in [0.2, 0.25) is 0 Å². The molecule has 2 atom stereocenters. The van der Waals surface area contributed by atoms with E-state index >= 15 is 0 Å². The number of hydrogen-bond acceptors (Lipinski definition) is 3. The van der Waals surface area contributed by atoms with Gasteiger partial charge >= 0.3 is 6.03 Å². The summed E-state index contributed by atoms with van der Waals surface area (Å²) in [5.74, 6) is 0.534. The molecule has 0 unspecified atom stereocenters. The van der Waals surface area contributed by atoms with Gasteiger partial charge < -0.3 is 15.4 Å². The number of amides is 3. The van der Waals surface area contributed by atoms with Crippen LogP contribution in [0.1, 0.15) is 47.8 Å². The molecule has 5 rings (SSSR count). The minimum Gasteiger partial charge on any atom is -0.467 e. The minimum atomic E-state index is -0.855. The summed E-state index contributed by atoms with van der Waals surface area (Å²) in [6, 6.07) is 22.3. The molecule has 2 aliphatic rings. The van der Waals surface area contributed by atoms with Crippen LogP contribution in [-0.4, -0.2) is 17.7 Å². The molecule has 6 nitrogen and oxygen atoms in total. The highest BCUT2D eigenvalue weighted by Crippen LogP contribution is 2.45. The van der Waals surface area contributed by atoms with E-state index in [1.807, 2.05) is 61.5 Å². The van der Waals surface area contributed by atoms with Crippen molar-refractivity contribution in [2.45, 2.75) is 38.5 Å². The van der Waals surface area contributed by atoms with Crippen molar-refractivity contribution in [1.82, 2.24) is 5.32 Å². The van der Waals surface area contributed by atoms with Crippen molar-refractivity contribution in [2.75, 3.05) is 10.2 Å². The monoisotopic (exact) mass is 427 g/mol. The lowest BCUT2D eigenvalue weighted by molar-refractivity contribution is 0.0378. The largest absolute Gasteiger partial charge is 0.467 e. The fourth-order valence-electron chi connectivity index (χ4n) is 4.53. The second-order valence-electron chi connectivity index (χ2n) is 8.41. The maximum Gasteiger partial charge on any atom is 0.325 e. The number of rotatable bonds is 4. The molecule has 1 saturated heterocycles. The predicted octanol–water partition coefficient (Wildman–Crippen LogP) is 5.27. The number of carbonyl (C=O) groups is 2.